The van der Waals surface area contributed by atoms with E-state index in [-0.39, 0.29) is 18.6 Å². The number of para-hydroxylation sites is 1. The number of carbonyl (C=O) groups is 1. The van der Waals surface area contributed by atoms with Crippen LogP contribution in [-0.2, 0) is 16.3 Å². The van der Waals surface area contributed by atoms with Crippen molar-refractivity contribution in [1.82, 2.24) is 9.71 Å². The van der Waals surface area contributed by atoms with E-state index >= 15 is 0 Å². The van der Waals surface area contributed by atoms with Gasteiger partial charge in [-0.2, -0.15) is 4.31 Å². The molecule has 37 heavy (non-hydrogen) atoms. The maximum absolute atomic E-state index is 12.0. The summed E-state index contributed by atoms with van der Waals surface area (Å²) in [5.74, 6) is 2.46. The van der Waals surface area contributed by atoms with Gasteiger partial charge in [0.2, 0.25) is 5.88 Å². The van der Waals surface area contributed by atoms with Crippen molar-refractivity contribution in [2.75, 3.05) is 24.1 Å². The van der Waals surface area contributed by atoms with Crippen LogP contribution in [0, 0.1) is 0 Å². The predicted octanol–water partition coefficient (Wildman–Crippen LogP) is 3.44. The molecule has 2 atom stereocenters. The van der Waals surface area contributed by atoms with Crippen LogP contribution in [0.2, 0.25) is 0 Å². The second kappa shape index (κ2) is 10.4. The van der Waals surface area contributed by atoms with Gasteiger partial charge in [-0.3, -0.25) is 4.79 Å². The lowest BCUT2D eigenvalue weighted by Gasteiger charge is -2.17. The van der Waals surface area contributed by atoms with Gasteiger partial charge < -0.3 is 28.6 Å². The average Bonchev–Trinajstić information content (AvgIpc) is 3.42. The minimum Gasteiger partial charge on any atom is -0.568 e. The molecule has 10 nitrogen and oxygen atoms in total. The Labute approximate surface area is 217 Å². The first-order valence-corrected chi connectivity index (χ1v) is 12.9. The molecule has 2 aromatic carbocycles. The van der Waals surface area contributed by atoms with Crippen LogP contribution in [0.3, 0.4) is 0 Å². The Kier molecular flexibility index (Phi) is 7.00. The highest BCUT2D eigenvalue weighted by Crippen LogP contribution is 2.43. The normalized spacial score (nSPS) is 18.7. The molecule has 1 fully saturated rings. The van der Waals surface area contributed by atoms with Crippen LogP contribution in [0.1, 0.15) is 31.9 Å². The van der Waals surface area contributed by atoms with Crippen LogP contribution in [0.4, 0.5) is 5.69 Å². The van der Waals surface area contributed by atoms with Gasteiger partial charge in [-0.05, 0) is 50.2 Å². The van der Waals surface area contributed by atoms with Gasteiger partial charge in [-0.1, -0.05) is 12.1 Å². The van der Waals surface area contributed by atoms with Crippen molar-refractivity contribution in [3.8, 4) is 28.9 Å². The van der Waals surface area contributed by atoms with Gasteiger partial charge in [0, 0.05) is 18.1 Å². The van der Waals surface area contributed by atoms with Gasteiger partial charge in [-0.25, -0.2) is 4.98 Å². The molecule has 3 heterocycles. The fraction of sp³-hybridized carbons (Fsp3) is 0.308. The van der Waals surface area contributed by atoms with Crippen molar-refractivity contribution in [3.63, 3.8) is 0 Å². The van der Waals surface area contributed by atoms with Gasteiger partial charge in [0.1, 0.15) is 18.1 Å². The second-order valence-electron chi connectivity index (χ2n) is 9.24. The Balaban J connectivity index is 1.21. The maximum Gasteiger partial charge on any atom is 0.287 e. The van der Waals surface area contributed by atoms with Crippen molar-refractivity contribution >= 4 is 23.1 Å². The summed E-state index contributed by atoms with van der Waals surface area (Å²) in [5, 5.41) is 9.79. The molecule has 0 radical (unpaired) electrons. The SMILES string of the molecule is CC(C)(O)CCOc1ccc(Oc2cccc3c2OC[C@H]3Oc2ccc(N3CC(=O)N[S+]3[O-])cc2)cn1. The number of amides is 1. The summed E-state index contributed by atoms with van der Waals surface area (Å²) in [6, 6.07) is 16.1. The number of rotatable bonds is 9. The van der Waals surface area contributed by atoms with Gasteiger partial charge in [0.25, 0.3) is 5.91 Å². The Hall–Kier alpha value is -3.67. The summed E-state index contributed by atoms with van der Waals surface area (Å²) < 4.78 is 39.5. The number of nitrogens with zero attached hydrogens (tertiary/aromatic N) is 2. The molecule has 5 rings (SSSR count). The molecular weight excluding hydrogens is 498 g/mol. The third-order valence-electron chi connectivity index (χ3n) is 5.73. The standard InChI is InChI=1S/C26H27N3O7S/c1-26(2,31)12-13-33-24-11-10-19(14-27-24)36-21-5-3-4-20-22(16-34-25(20)21)35-18-8-6-17(7-9-18)29-15-23(30)28-37(29)32/h3-11,14,22,31H,12-13,15-16H2,1-2H3,(H,28,30)/t22-,37?/m1/s1. The number of anilines is 1. The first-order valence-electron chi connectivity index (χ1n) is 11.8. The molecule has 2 N–H and O–H groups in total. The predicted molar refractivity (Wildman–Crippen MR) is 136 cm³/mol. The third-order valence-corrected chi connectivity index (χ3v) is 6.87. The van der Waals surface area contributed by atoms with Crippen LogP contribution in [0.5, 0.6) is 28.9 Å². The van der Waals surface area contributed by atoms with Crippen LogP contribution in [0.25, 0.3) is 0 Å². The van der Waals surface area contributed by atoms with E-state index in [1.54, 1.807) is 56.4 Å². The highest BCUT2D eigenvalue weighted by molar-refractivity contribution is 7.92. The van der Waals surface area contributed by atoms with Gasteiger partial charge >= 0.3 is 0 Å². The fourth-order valence-corrected chi connectivity index (χ4v) is 4.75. The first kappa shape index (κ1) is 25.0. The molecule has 1 aromatic heterocycles. The summed E-state index contributed by atoms with van der Waals surface area (Å²) in [7, 11) is 0. The Bertz CT molecular complexity index is 1250. The molecule has 0 aliphatic carbocycles. The number of nitrogens with one attached hydrogen (secondary N) is 1. The maximum atomic E-state index is 12.0. The molecule has 1 saturated heterocycles. The van der Waals surface area contributed by atoms with Crippen molar-refractivity contribution in [3.05, 3.63) is 66.4 Å². The van der Waals surface area contributed by atoms with E-state index in [4.69, 9.17) is 18.9 Å². The quantitative estimate of drug-likeness (QED) is 0.404. The molecule has 11 heteroatoms. The van der Waals surface area contributed by atoms with Crippen LogP contribution in [0.15, 0.2) is 60.8 Å². The smallest absolute Gasteiger partial charge is 0.287 e. The number of aromatic nitrogens is 1. The Morgan fingerprint density at radius 3 is 2.65 bits per heavy atom. The molecule has 1 amide bonds. The highest BCUT2D eigenvalue weighted by atomic mass is 32.2. The zero-order chi connectivity index (χ0) is 26.0. The number of carbonyl (C=O) groups excluding carboxylic acids is 1. The number of hydrogen-bond acceptors (Lipinski definition) is 9. The minimum absolute atomic E-state index is 0.0484. The summed E-state index contributed by atoms with van der Waals surface area (Å²) in [6.07, 6.45) is 1.73. The van der Waals surface area contributed by atoms with E-state index in [1.807, 2.05) is 18.2 Å². The molecular formula is C26H27N3O7S. The van der Waals surface area contributed by atoms with E-state index < -0.39 is 17.1 Å². The van der Waals surface area contributed by atoms with Gasteiger partial charge in [0.15, 0.2) is 35.7 Å². The lowest BCUT2D eigenvalue weighted by atomic mass is 10.1. The van der Waals surface area contributed by atoms with E-state index in [1.165, 1.54) is 4.31 Å². The number of aliphatic hydroxyl groups is 1. The topological polar surface area (TPSA) is 125 Å². The van der Waals surface area contributed by atoms with Crippen molar-refractivity contribution in [2.45, 2.75) is 32.0 Å². The van der Waals surface area contributed by atoms with Crippen LogP contribution in [-0.4, -0.2) is 45.9 Å². The van der Waals surface area contributed by atoms with E-state index in [0.29, 0.717) is 54.2 Å². The molecule has 0 spiro atoms. The first-order chi connectivity index (χ1) is 17.7. The van der Waals surface area contributed by atoms with Gasteiger partial charge in [0.05, 0.1) is 24.1 Å². The number of pyridine rings is 1. The number of fused-ring (bicyclic) bond motifs is 1. The summed E-state index contributed by atoms with van der Waals surface area (Å²) in [4.78, 5) is 15.7. The Morgan fingerprint density at radius 2 is 1.97 bits per heavy atom. The average molecular weight is 526 g/mol. The highest BCUT2D eigenvalue weighted by Gasteiger charge is 2.34. The zero-order valence-corrected chi connectivity index (χ0v) is 21.2. The largest absolute Gasteiger partial charge is 0.568 e. The lowest BCUT2D eigenvalue weighted by molar-refractivity contribution is -0.117. The Morgan fingerprint density at radius 1 is 1.19 bits per heavy atom. The van der Waals surface area contributed by atoms with Crippen LogP contribution < -0.4 is 28.0 Å². The van der Waals surface area contributed by atoms with E-state index in [9.17, 15) is 14.5 Å². The lowest BCUT2D eigenvalue weighted by Crippen LogP contribution is -2.29. The van der Waals surface area contributed by atoms with Crippen molar-refractivity contribution in [2.24, 2.45) is 0 Å². The number of hydrogen-bond donors (Lipinski definition) is 2. The summed E-state index contributed by atoms with van der Waals surface area (Å²) in [6.45, 7) is 4.18. The molecule has 194 valence electrons. The summed E-state index contributed by atoms with van der Waals surface area (Å²) >= 11 is -1.57. The molecule has 3 aromatic rings. The third kappa shape index (κ3) is 6.01. The molecule has 1 unspecified atom stereocenters. The zero-order valence-electron chi connectivity index (χ0n) is 20.4. The molecule has 2 aliphatic rings. The molecule has 0 bridgehead atoms. The number of ether oxygens (including phenoxy) is 4. The van der Waals surface area contributed by atoms with E-state index in [0.717, 1.165) is 5.56 Å². The molecule has 2 aliphatic heterocycles. The van der Waals surface area contributed by atoms with Crippen molar-refractivity contribution < 1.29 is 33.4 Å². The second-order valence-corrected chi connectivity index (χ2v) is 10.4. The minimum atomic E-state index is -1.57. The fourth-order valence-electron chi connectivity index (χ4n) is 3.83. The molecule has 0 saturated carbocycles. The van der Waals surface area contributed by atoms with E-state index in [2.05, 4.69) is 9.71 Å². The van der Waals surface area contributed by atoms with Crippen LogP contribution >= 0.6 is 0 Å². The summed E-state index contributed by atoms with van der Waals surface area (Å²) in [5.41, 5.74) is 0.720. The number of benzene rings is 2. The van der Waals surface area contributed by atoms with Gasteiger partial charge in [-0.15, -0.1) is 4.72 Å². The van der Waals surface area contributed by atoms with Crippen molar-refractivity contribution in [1.29, 1.82) is 0 Å². The monoisotopic (exact) mass is 525 g/mol.